The van der Waals surface area contributed by atoms with E-state index in [1.807, 2.05) is 4.90 Å². The van der Waals surface area contributed by atoms with E-state index in [1.165, 1.54) is 17.5 Å². The zero-order valence-corrected chi connectivity index (χ0v) is 17.5. The van der Waals surface area contributed by atoms with Gasteiger partial charge in [0.25, 0.3) is 10.2 Å². The number of rotatable bonds is 4. The lowest BCUT2D eigenvalue weighted by Gasteiger charge is -2.31. The second kappa shape index (κ2) is 9.68. The summed E-state index contributed by atoms with van der Waals surface area (Å²) in [7, 11) is -2.17. The fourth-order valence-corrected chi connectivity index (χ4v) is 5.11. The van der Waals surface area contributed by atoms with Crippen LogP contribution in [0, 0.1) is 0 Å². The lowest BCUT2D eigenvalue weighted by Crippen LogP contribution is -2.47. The summed E-state index contributed by atoms with van der Waals surface area (Å²) in [6, 6.07) is 1.36. The number of hydrogen-bond acceptors (Lipinski definition) is 8. The number of methoxy groups -OCH3 is 1. The van der Waals surface area contributed by atoms with Crippen LogP contribution in [0.2, 0.25) is 0 Å². The van der Waals surface area contributed by atoms with E-state index in [4.69, 9.17) is 10.5 Å². The summed E-state index contributed by atoms with van der Waals surface area (Å²) in [5.74, 6) is -0.107. The summed E-state index contributed by atoms with van der Waals surface area (Å²) >= 11 is 0. The van der Waals surface area contributed by atoms with Crippen molar-refractivity contribution in [3.05, 3.63) is 11.8 Å². The van der Waals surface area contributed by atoms with Crippen LogP contribution in [0.5, 0.6) is 0 Å². The van der Waals surface area contributed by atoms with Crippen molar-refractivity contribution in [2.75, 3.05) is 57.0 Å². The van der Waals surface area contributed by atoms with E-state index in [0.29, 0.717) is 51.6 Å². The molecule has 0 bridgehead atoms. The smallest absolute Gasteiger partial charge is 0.356 e. The van der Waals surface area contributed by atoms with Gasteiger partial charge in [-0.2, -0.15) is 22.0 Å². The Hall–Kier alpha value is -1.69. The van der Waals surface area contributed by atoms with Gasteiger partial charge in [0.15, 0.2) is 5.69 Å². The number of nitrogen functional groups attached to an aromatic ring is 1. The fraction of sp³-hybridized carbons (Fsp3) is 0.688. The van der Waals surface area contributed by atoms with Crippen molar-refractivity contribution in [1.29, 1.82) is 0 Å². The zero-order valence-electron chi connectivity index (χ0n) is 15.9. The quantitative estimate of drug-likeness (QED) is 0.680. The molecule has 158 valence electrons. The number of piperidine rings is 1. The van der Waals surface area contributed by atoms with Crippen molar-refractivity contribution in [2.24, 2.45) is 0 Å². The summed E-state index contributed by atoms with van der Waals surface area (Å²) in [5, 5.41) is 0. The second-order valence-corrected chi connectivity index (χ2v) is 8.61. The number of ether oxygens (including phenoxy) is 1. The molecule has 12 heteroatoms. The van der Waals surface area contributed by atoms with Crippen LogP contribution in [0.25, 0.3) is 0 Å². The maximum atomic E-state index is 12.9. The van der Waals surface area contributed by atoms with E-state index in [2.05, 4.69) is 9.97 Å². The lowest BCUT2D eigenvalue weighted by molar-refractivity contribution is 0.0594. The van der Waals surface area contributed by atoms with E-state index < -0.39 is 16.2 Å². The molecule has 0 radical (unpaired) electrons. The number of nitrogens with two attached hydrogens (primary N) is 1. The largest absolute Gasteiger partial charge is 0.464 e. The molecule has 0 atom stereocenters. The van der Waals surface area contributed by atoms with Crippen molar-refractivity contribution in [2.45, 2.75) is 25.7 Å². The molecule has 0 amide bonds. The first-order valence-electron chi connectivity index (χ1n) is 9.15. The van der Waals surface area contributed by atoms with Crippen molar-refractivity contribution in [1.82, 2.24) is 18.6 Å². The molecule has 0 unspecified atom stereocenters. The molecule has 0 saturated carbocycles. The Morgan fingerprint density at radius 1 is 1.00 bits per heavy atom. The third-order valence-electron chi connectivity index (χ3n) is 4.83. The standard InChI is InChI=1S/C16H26N6O4S.ClH/c1-26-15(23)13-12-14(17)19-16(18-13)20-6-5-9-22(11-10-20)27(24,25)21-7-3-2-4-8-21;/h12H,2-11H2,1H3,(H2,17,18,19);1H. The molecule has 2 fully saturated rings. The molecule has 2 aliphatic rings. The average molecular weight is 435 g/mol. The number of halogens is 1. The molecule has 1 aromatic heterocycles. The van der Waals surface area contributed by atoms with Gasteiger partial charge < -0.3 is 15.4 Å². The number of carbonyl (C=O) groups is 1. The Bertz CT molecular complexity index is 787. The van der Waals surface area contributed by atoms with Crippen molar-refractivity contribution in [3.63, 3.8) is 0 Å². The van der Waals surface area contributed by atoms with Gasteiger partial charge in [-0.25, -0.2) is 9.78 Å². The average Bonchev–Trinajstić information content (AvgIpc) is 2.94. The molecule has 2 saturated heterocycles. The molecule has 2 aliphatic heterocycles. The molecular formula is C16H27ClN6O4S. The molecular weight excluding hydrogens is 408 g/mol. The summed E-state index contributed by atoms with van der Waals surface area (Å²) in [6.45, 7) is 2.96. The van der Waals surface area contributed by atoms with E-state index in [-0.39, 0.29) is 23.9 Å². The lowest BCUT2D eigenvalue weighted by atomic mass is 10.2. The molecule has 0 aliphatic carbocycles. The van der Waals surface area contributed by atoms with E-state index >= 15 is 0 Å². The second-order valence-electron chi connectivity index (χ2n) is 6.68. The van der Waals surface area contributed by atoms with Crippen molar-refractivity contribution in [3.8, 4) is 0 Å². The number of esters is 1. The number of carbonyl (C=O) groups excluding carboxylic acids is 1. The predicted molar refractivity (Wildman–Crippen MR) is 108 cm³/mol. The first-order chi connectivity index (χ1) is 12.9. The van der Waals surface area contributed by atoms with Gasteiger partial charge in [0.1, 0.15) is 5.82 Å². The number of nitrogens with zero attached hydrogens (tertiary/aromatic N) is 5. The molecule has 3 heterocycles. The minimum Gasteiger partial charge on any atom is -0.464 e. The molecule has 10 nitrogen and oxygen atoms in total. The Labute approximate surface area is 171 Å². The maximum absolute atomic E-state index is 12.9. The zero-order chi connectivity index (χ0) is 19.4. The molecule has 28 heavy (non-hydrogen) atoms. The maximum Gasteiger partial charge on any atom is 0.356 e. The summed E-state index contributed by atoms with van der Waals surface area (Å²) < 4.78 is 33.6. The minimum absolute atomic E-state index is 0. The van der Waals surface area contributed by atoms with Crippen LogP contribution in [0.1, 0.15) is 36.2 Å². The molecule has 1 aromatic rings. The van der Waals surface area contributed by atoms with E-state index in [1.54, 1.807) is 4.31 Å². The van der Waals surface area contributed by atoms with E-state index in [9.17, 15) is 13.2 Å². The topological polar surface area (TPSA) is 122 Å². The van der Waals surface area contributed by atoms with Crippen LogP contribution in [0.15, 0.2) is 6.07 Å². The van der Waals surface area contributed by atoms with Crippen LogP contribution in [0.3, 0.4) is 0 Å². The molecule has 0 spiro atoms. The van der Waals surface area contributed by atoms with Crippen molar-refractivity contribution >= 4 is 40.4 Å². The highest BCUT2D eigenvalue weighted by atomic mass is 35.5. The normalized spacial score (nSPS) is 19.5. The van der Waals surface area contributed by atoms with Crippen LogP contribution >= 0.6 is 12.4 Å². The summed E-state index contributed by atoms with van der Waals surface area (Å²) in [6.07, 6.45) is 3.53. The number of anilines is 2. The van der Waals surface area contributed by atoms with Gasteiger partial charge in [-0.3, -0.25) is 0 Å². The highest BCUT2D eigenvalue weighted by molar-refractivity contribution is 7.86. The van der Waals surface area contributed by atoms with Gasteiger partial charge in [0, 0.05) is 45.3 Å². The SMILES string of the molecule is COC(=O)c1cc(N)nc(N2CCCN(S(=O)(=O)N3CCCCC3)CC2)n1.Cl. The minimum atomic E-state index is -3.45. The monoisotopic (exact) mass is 434 g/mol. The van der Waals surface area contributed by atoms with Gasteiger partial charge in [-0.1, -0.05) is 6.42 Å². The van der Waals surface area contributed by atoms with Crippen LogP contribution in [-0.4, -0.2) is 79.3 Å². The Morgan fingerprint density at radius 3 is 2.32 bits per heavy atom. The van der Waals surface area contributed by atoms with Gasteiger partial charge in [0.2, 0.25) is 5.95 Å². The number of hydrogen-bond donors (Lipinski definition) is 1. The number of aromatic nitrogens is 2. The predicted octanol–water partition coefficient (Wildman–Crippen LogP) is 0.510. The molecule has 3 rings (SSSR count). The van der Waals surface area contributed by atoms with Crippen LogP contribution < -0.4 is 10.6 Å². The highest BCUT2D eigenvalue weighted by Crippen LogP contribution is 2.20. The Morgan fingerprint density at radius 2 is 1.64 bits per heavy atom. The Balaban J connectivity index is 0.00000280. The molecule has 2 N–H and O–H groups in total. The first kappa shape index (κ1) is 22.6. The van der Waals surface area contributed by atoms with Crippen LogP contribution in [-0.2, 0) is 14.9 Å². The highest BCUT2D eigenvalue weighted by Gasteiger charge is 2.32. The van der Waals surface area contributed by atoms with Crippen LogP contribution in [0.4, 0.5) is 11.8 Å². The fourth-order valence-electron chi connectivity index (χ4n) is 3.39. The summed E-state index contributed by atoms with van der Waals surface area (Å²) in [5.41, 5.74) is 5.88. The first-order valence-corrected chi connectivity index (χ1v) is 10.5. The Kier molecular flexibility index (Phi) is 7.81. The molecule has 0 aromatic carbocycles. The third kappa shape index (κ3) is 5.02. The van der Waals surface area contributed by atoms with Gasteiger partial charge in [0.05, 0.1) is 7.11 Å². The van der Waals surface area contributed by atoms with Crippen molar-refractivity contribution < 1.29 is 17.9 Å². The van der Waals surface area contributed by atoms with Gasteiger partial charge >= 0.3 is 5.97 Å². The third-order valence-corrected chi connectivity index (χ3v) is 6.87. The van der Waals surface area contributed by atoms with Gasteiger partial charge in [-0.05, 0) is 19.3 Å². The summed E-state index contributed by atoms with van der Waals surface area (Å²) in [4.78, 5) is 22.0. The van der Waals surface area contributed by atoms with E-state index in [0.717, 1.165) is 19.3 Å². The van der Waals surface area contributed by atoms with Gasteiger partial charge in [-0.15, -0.1) is 12.4 Å².